The van der Waals surface area contributed by atoms with E-state index in [1.807, 2.05) is 33.8 Å². The molecule has 3 aromatic rings. The van der Waals surface area contributed by atoms with E-state index in [-0.39, 0.29) is 23.4 Å². The fourth-order valence-corrected chi connectivity index (χ4v) is 7.45. The molecule has 1 fully saturated rings. The molecule has 0 heterocycles. The maximum atomic E-state index is 14.4. The number of hydrogen-bond acceptors (Lipinski definition) is 4. The van der Waals surface area contributed by atoms with E-state index >= 15 is 0 Å². The number of carbonyl (C=O) groups excluding carboxylic acids is 2. The number of sulfonamides is 1. The highest BCUT2D eigenvalue weighted by Gasteiger charge is 2.35. The molecular weight excluding hydrogens is 617 g/mol. The summed E-state index contributed by atoms with van der Waals surface area (Å²) in [5.41, 5.74) is 3.64. The van der Waals surface area contributed by atoms with Gasteiger partial charge < -0.3 is 10.2 Å². The molecule has 0 unspecified atom stereocenters. The minimum atomic E-state index is -4.15. The first-order valence-corrected chi connectivity index (χ1v) is 17.3. The van der Waals surface area contributed by atoms with Crippen molar-refractivity contribution in [2.75, 3.05) is 10.8 Å². The first-order chi connectivity index (χ1) is 20.9. The molecule has 1 atom stereocenters. The van der Waals surface area contributed by atoms with Crippen molar-refractivity contribution in [2.24, 2.45) is 0 Å². The highest BCUT2D eigenvalue weighted by atomic mass is 35.5. The van der Waals surface area contributed by atoms with Crippen LogP contribution in [-0.2, 0) is 26.2 Å². The third kappa shape index (κ3) is 7.95. The molecule has 10 heteroatoms. The maximum absolute atomic E-state index is 14.4. The Morgan fingerprint density at radius 2 is 1.61 bits per heavy atom. The van der Waals surface area contributed by atoms with Gasteiger partial charge in [-0.1, -0.05) is 85.3 Å². The lowest BCUT2D eigenvalue weighted by molar-refractivity contribution is -0.140. The number of benzene rings is 3. The Balaban J connectivity index is 1.75. The van der Waals surface area contributed by atoms with Gasteiger partial charge in [0, 0.05) is 12.6 Å². The zero-order valence-corrected chi connectivity index (χ0v) is 28.1. The Bertz CT molecular complexity index is 1590. The summed E-state index contributed by atoms with van der Waals surface area (Å²) in [4.78, 5) is 29.7. The van der Waals surface area contributed by atoms with Gasteiger partial charge >= 0.3 is 0 Å². The van der Waals surface area contributed by atoms with Crippen LogP contribution in [0.2, 0.25) is 10.0 Å². The predicted molar refractivity (Wildman–Crippen MR) is 178 cm³/mol. The third-order valence-corrected chi connectivity index (χ3v) is 10.9. The smallest absolute Gasteiger partial charge is 0.264 e. The molecule has 0 spiro atoms. The van der Waals surface area contributed by atoms with Crippen LogP contribution in [0.3, 0.4) is 0 Å². The third-order valence-electron chi connectivity index (χ3n) is 8.41. The summed E-state index contributed by atoms with van der Waals surface area (Å²) < 4.78 is 29.5. The molecular formula is C34H41Cl2N3O4S. The van der Waals surface area contributed by atoms with Gasteiger partial charge in [0.15, 0.2) is 0 Å². The van der Waals surface area contributed by atoms with Crippen molar-refractivity contribution >= 4 is 50.7 Å². The standard InChI is InChI=1S/C34H41Cl2N3O4S/c1-5-31(34(41)37-27-11-7-6-8-12-27)38(21-26-16-19-29(35)30(36)20-26)33(40)22-39(32-13-9-10-24(3)25(32)4)44(42,43)28-17-14-23(2)15-18-28/h9-10,13-20,27,31H,5-8,11-12,21-22H2,1-4H3,(H,37,41)/t31-/m0/s1. The molecule has 0 radical (unpaired) electrons. The molecule has 0 bridgehead atoms. The predicted octanol–water partition coefficient (Wildman–Crippen LogP) is 7.37. The van der Waals surface area contributed by atoms with E-state index in [9.17, 15) is 18.0 Å². The highest BCUT2D eigenvalue weighted by molar-refractivity contribution is 7.92. The summed E-state index contributed by atoms with van der Waals surface area (Å²) in [5.74, 6) is -0.745. The summed E-state index contributed by atoms with van der Waals surface area (Å²) in [5, 5.41) is 3.87. The van der Waals surface area contributed by atoms with Crippen molar-refractivity contribution < 1.29 is 18.0 Å². The number of rotatable bonds is 11. The number of hydrogen-bond donors (Lipinski definition) is 1. The number of anilines is 1. The molecule has 3 aromatic carbocycles. The van der Waals surface area contributed by atoms with E-state index in [1.54, 1.807) is 54.6 Å². The van der Waals surface area contributed by atoms with E-state index in [0.717, 1.165) is 53.1 Å². The van der Waals surface area contributed by atoms with Gasteiger partial charge in [0.05, 0.1) is 20.6 Å². The minimum absolute atomic E-state index is 0.0531. The minimum Gasteiger partial charge on any atom is -0.352 e. The largest absolute Gasteiger partial charge is 0.352 e. The molecule has 7 nitrogen and oxygen atoms in total. The maximum Gasteiger partial charge on any atom is 0.264 e. The lowest BCUT2D eigenvalue weighted by atomic mass is 9.95. The quantitative estimate of drug-likeness (QED) is 0.233. The van der Waals surface area contributed by atoms with Gasteiger partial charge in [0.25, 0.3) is 10.0 Å². The van der Waals surface area contributed by atoms with Gasteiger partial charge in [-0.3, -0.25) is 13.9 Å². The van der Waals surface area contributed by atoms with E-state index < -0.39 is 28.5 Å². The Hall–Kier alpha value is -3.07. The number of aryl methyl sites for hydroxylation is 2. The average Bonchev–Trinajstić information content (AvgIpc) is 2.99. The molecule has 1 N–H and O–H groups in total. The number of amides is 2. The van der Waals surface area contributed by atoms with Crippen LogP contribution < -0.4 is 9.62 Å². The van der Waals surface area contributed by atoms with Crippen LogP contribution in [0, 0.1) is 20.8 Å². The first kappa shape index (κ1) is 33.8. The monoisotopic (exact) mass is 657 g/mol. The van der Waals surface area contributed by atoms with E-state index in [1.165, 1.54) is 4.90 Å². The fourth-order valence-electron chi connectivity index (χ4n) is 5.66. The highest BCUT2D eigenvalue weighted by Crippen LogP contribution is 2.30. The molecule has 0 saturated heterocycles. The lowest BCUT2D eigenvalue weighted by Crippen LogP contribution is -2.54. The van der Waals surface area contributed by atoms with Crippen molar-refractivity contribution in [3.8, 4) is 0 Å². The summed E-state index contributed by atoms with van der Waals surface area (Å²) in [6, 6.07) is 16.3. The Morgan fingerprint density at radius 3 is 2.25 bits per heavy atom. The Morgan fingerprint density at radius 1 is 0.932 bits per heavy atom. The molecule has 1 aliphatic rings. The molecule has 236 valence electrons. The molecule has 0 aromatic heterocycles. The second-order valence-electron chi connectivity index (χ2n) is 11.6. The topological polar surface area (TPSA) is 86.8 Å². The van der Waals surface area contributed by atoms with Gasteiger partial charge in [0.2, 0.25) is 11.8 Å². The van der Waals surface area contributed by atoms with Crippen molar-refractivity contribution in [3.63, 3.8) is 0 Å². The average molecular weight is 659 g/mol. The van der Waals surface area contributed by atoms with Crippen molar-refractivity contribution in [1.82, 2.24) is 10.2 Å². The summed E-state index contributed by atoms with van der Waals surface area (Å²) in [6.45, 7) is 7.04. The zero-order chi connectivity index (χ0) is 32.0. The summed E-state index contributed by atoms with van der Waals surface area (Å²) in [7, 11) is -4.15. The molecule has 0 aliphatic heterocycles. The van der Waals surface area contributed by atoms with Crippen LogP contribution in [0.15, 0.2) is 65.6 Å². The number of carbonyl (C=O) groups is 2. The molecule has 4 rings (SSSR count). The van der Waals surface area contributed by atoms with Gasteiger partial charge in [0.1, 0.15) is 12.6 Å². The normalized spacial score (nSPS) is 14.6. The van der Waals surface area contributed by atoms with E-state index in [0.29, 0.717) is 27.7 Å². The van der Waals surface area contributed by atoms with Crippen LogP contribution in [0.1, 0.15) is 67.7 Å². The van der Waals surface area contributed by atoms with Gasteiger partial charge in [-0.25, -0.2) is 8.42 Å². The zero-order valence-electron chi connectivity index (χ0n) is 25.8. The first-order valence-electron chi connectivity index (χ1n) is 15.1. The van der Waals surface area contributed by atoms with Crippen LogP contribution in [0.5, 0.6) is 0 Å². The number of nitrogens with zero attached hydrogens (tertiary/aromatic N) is 2. The SMILES string of the molecule is CC[C@@H](C(=O)NC1CCCCC1)N(Cc1ccc(Cl)c(Cl)c1)C(=O)CN(c1cccc(C)c1C)S(=O)(=O)c1ccc(C)cc1. The summed E-state index contributed by atoms with van der Waals surface area (Å²) in [6.07, 6.45) is 5.40. The molecule has 1 aliphatic carbocycles. The second-order valence-corrected chi connectivity index (χ2v) is 14.3. The van der Waals surface area contributed by atoms with Crippen molar-refractivity contribution in [1.29, 1.82) is 0 Å². The molecule has 44 heavy (non-hydrogen) atoms. The second kappa shape index (κ2) is 14.8. The van der Waals surface area contributed by atoms with Crippen molar-refractivity contribution in [2.45, 2.75) is 89.7 Å². The van der Waals surface area contributed by atoms with Crippen LogP contribution in [0.4, 0.5) is 5.69 Å². The van der Waals surface area contributed by atoms with Crippen LogP contribution in [0.25, 0.3) is 0 Å². The van der Waals surface area contributed by atoms with E-state index in [4.69, 9.17) is 23.2 Å². The van der Waals surface area contributed by atoms with E-state index in [2.05, 4.69) is 5.32 Å². The van der Waals surface area contributed by atoms with Gasteiger partial charge in [-0.2, -0.15) is 0 Å². The van der Waals surface area contributed by atoms with Crippen LogP contribution >= 0.6 is 23.2 Å². The Labute approximate surface area is 271 Å². The van der Waals surface area contributed by atoms with Crippen molar-refractivity contribution in [3.05, 3.63) is 93.0 Å². The van der Waals surface area contributed by atoms with Crippen LogP contribution in [-0.4, -0.2) is 43.8 Å². The van der Waals surface area contributed by atoms with Gasteiger partial charge in [-0.15, -0.1) is 0 Å². The fraction of sp³-hybridized carbons (Fsp3) is 0.412. The van der Waals surface area contributed by atoms with Gasteiger partial charge in [-0.05, 0) is 87.1 Å². The number of nitrogens with one attached hydrogen (secondary N) is 1. The molecule has 1 saturated carbocycles. The Kier molecular flexibility index (Phi) is 11.4. The lowest BCUT2D eigenvalue weighted by Gasteiger charge is -2.35. The molecule has 2 amide bonds. The number of halogens is 2. The summed E-state index contributed by atoms with van der Waals surface area (Å²) >= 11 is 12.5.